The van der Waals surface area contributed by atoms with Crippen LogP contribution in [0, 0.1) is 6.92 Å². The number of esters is 1. The van der Waals surface area contributed by atoms with Crippen molar-refractivity contribution in [3.63, 3.8) is 0 Å². The van der Waals surface area contributed by atoms with Gasteiger partial charge in [-0.25, -0.2) is 9.59 Å². The van der Waals surface area contributed by atoms with Crippen LogP contribution in [0.25, 0.3) is 6.08 Å². The van der Waals surface area contributed by atoms with E-state index in [9.17, 15) is 19.2 Å². The second-order valence-electron chi connectivity index (χ2n) is 4.64. The van der Waals surface area contributed by atoms with Gasteiger partial charge in [-0.3, -0.25) is 14.6 Å². The van der Waals surface area contributed by atoms with Crippen molar-refractivity contribution in [1.29, 1.82) is 0 Å². The summed E-state index contributed by atoms with van der Waals surface area (Å²) in [6.07, 6.45) is 4.35. The van der Waals surface area contributed by atoms with E-state index in [1.807, 2.05) is 6.26 Å². The van der Waals surface area contributed by atoms with Crippen molar-refractivity contribution in [3.05, 3.63) is 38.2 Å². The van der Waals surface area contributed by atoms with Crippen LogP contribution in [-0.2, 0) is 14.3 Å². The van der Waals surface area contributed by atoms with Crippen LogP contribution in [0.3, 0.4) is 0 Å². The molecule has 10 heteroatoms. The second-order valence-corrected chi connectivity index (χ2v) is 6.90. The van der Waals surface area contributed by atoms with E-state index < -0.39 is 29.2 Å². The molecule has 132 valence electrons. The van der Waals surface area contributed by atoms with Gasteiger partial charge in [-0.05, 0) is 19.3 Å². The first kappa shape index (κ1) is 20.1. The molecule has 0 saturated heterocycles. The van der Waals surface area contributed by atoms with Gasteiger partial charge in [0.1, 0.15) is 6.04 Å². The number of hydrogen-bond acceptors (Lipinski definition) is 7. The van der Waals surface area contributed by atoms with Gasteiger partial charge in [0.25, 0.3) is 5.56 Å². The normalized spacial score (nSPS) is 12.1. The summed E-state index contributed by atoms with van der Waals surface area (Å²) in [6, 6.07) is -0.778. The molecule has 0 aliphatic carbocycles. The first-order valence-electron chi connectivity index (χ1n) is 6.85. The number of thioether (sulfide) groups is 2. The zero-order valence-electron chi connectivity index (χ0n) is 13.5. The monoisotopic (exact) mass is 373 g/mol. The van der Waals surface area contributed by atoms with Gasteiger partial charge in [-0.1, -0.05) is 0 Å². The van der Waals surface area contributed by atoms with E-state index in [4.69, 9.17) is 0 Å². The van der Waals surface area contributed by atoms with Crippen LogP contribution in [0.15, 0.2) is 15.7 Å². The van der Waals surface area contributed by atoms with E-state index in [0.717, 1.165) is 11.2 Å². The van der Waals surface area contributed by atoms with Crippen LogP contribution < -0.4 is 16.6 Å². The molecule has 1 amide bonds. The molecule has 1 rings (SSSR count). The second kappa shape index (κ2) is 10.0. The number of carbonyl (C=O) groups excluding carboxylic acids is 2. The number of aromatic amines is 2. The molecule has 3 N–H and O–H groups in total. The average Bonchev–Trinajstić information content (AvgIpc) is 2.52. The number of H-pyrrole nitrogens is 2. The molecule has 0 saturated carbocycles. The summed E-state index contributed by atoms with van der Waals surface area (Å²) in [5, 5.41) is 3.32. The summed E-state index contributed by atoms with van der Waals surface area (Å²) in [6.45, 7) is 1.55. The summed E-state index contributed by atoms with van der Waals surface area (Å²) in [4.78, 5) is 51.0. The Bertz CT molecular complexity index is 726. The molecule has 0 bridgehead atoms. The molecule has 0 spiro atoms. The smallest absolute Gasteiger partial charge is 0.329 e. The Morgan fingerprint density at radius 1 is 1.33 bits per heavy atom. The molecule has 1 unspecified atom stereocenters. The lowest BCUT2D eigenvalue weighted by Crippen LogP contribution is -2.42. The Hall–Kier alpha value is -1.94. The van der Waals surface area contributed by atoms with Crippen molar-refractivity contribution in [3.8, 4) is 0 Å². The lowest BCUT2D eigenvalue weighted by molar-refractivity contribution is -0.143. The molecule has 0 aliphatic rings. The number of methoxy groups -OCH3 is 1. The summed E-state index contributed by atoms with van der Waals surface area (Å²) in [5.41, 5.74) is -0.708. The number of ether oxygens (including phenoxy) is 1. The number of aryl methyl sites for hydroxylation is 1. The maximum Gasteiger partial charge on any atom is 0.329 e. The summed E-state index contributed by atoms with van der Waals surface area (Å²) < 4.78 is 4.67. The van der Waals surface area contributed by atoms with Crippen molar-refractivity contribution in [2.45, 2.75) is 13.0 Å². The molecule has 1 aromatic heterocycles. The largest absolute Gasteiger partial charge is 0.467 e. The highest BCUT2D eigenvalue weighted by Gasteiger charge is 2.20. The Kier molecular flexibility index (Phi) is 8.41. The van der Waals surface area contributed by atoms with Gasteiger partial charge in [0, 0.05) is 22.6 Å². The van der Waals surface area contributed by atoms with Gasteiger partial charge < -0.3 is 15.0 Å². The van der Waals surface area contributed by atoms with Gasteiger partial charge in [0.15, 0.2) is 0 Å². The Labute approximate surface area is 146 Å². The average molecular weight is 373 g/mol. The number of carbonyl (C=O) groups is 2. The fraction of sp³-hybridized carbons (Fsp3) is 0.429. The highest BCUT2D eigenvalue weighted by molar-refractivity contribution is 8.15. The first-order chi connectivity index (χ1) is 11.4. The first-order valence-corrected chi connectivity index (χ1v) is 9.40. The van der Waals surface area contributed by atoms with Crippen LogP contribution in [0.5, 0.6) is 0 Å². The molecule has 0 aliphatic heterocycles. The molecule has 8 nitrogen and oxygen atoms in total. The van der Waals surface area contributed by atoms with Crippen molar-refractivity contribution in [2.75, 3.05) is 24.2 Å². The fourth-order valence-electron chi connectivity index (χ4n) is 1.75. The Balaban J connectivity index is 2.80. The van der Waals surface area contributed by atoms with Gasteiger partial charge in [-0.2, -0.15) is 11.8 Å². The Morgan fingerprint density at radius 3 is 2.62 bits per heavy atom. The van der Waals surface area contributed by atoms with Crippen molar-refractivity contribution < 1.29 is 14.3 Å². The molecule has 0 radical (unpaired) electrons. The van der Waals surface area contributed by atoms with Crippen LogP contribution in [-0.4, -0.2) is 52.1 Å². The van der Waals surface area contributed by atoms with Gasteiger partial charge in [-0.15, -0.1) is 11.8 Å². The number of amides is 1. The van der Waals surface area contributed by atoms with Crippen LogP contribution in [0.4, 0.5) is 0 Å². The predicted octanol–water partition coefficient (Wildman–Crippen LogP) is 0.0963. The summed E-state index contributed by atoms with van der Waals surface area (Å²) in [7, 11) is 1.25. The fourth-order valence-corrected chi connectivity index (χ4v) is 3.26. The van der Waals surface area contributed by atoms with Crippen molar-refractivity contribution in [2.24, 2.45) is 0 Å². The zero-order chi connectivity index (χ0) is 18.1. The maximum absolute atomic E-state index is 12.0. The number of nitrogens with one attached hydrogen (secondary N) is 3. The number of aromatic nitrogens is 2. The minimum Gasteiger partial charge on any atom is -0.467 e. The number of hydrogen-bond donors (Lipinski definition) is 3. The van der Waals surface area contributed by atoms with E-state index in [2.05, 4.69) is 20.0 Å². The van der Waals surface area contributed by atoms with Gasteiger partial charge in [0.2, 0.25) is 5.91 Å². The predicted molar refractivity (Wildman–Crippen MR) is 96.2 cm³/mol. The molecular formula is C14H19N3O5S2. The van der Waals surface area contributed by atoms with Gasteiger partial charge in [0.05, 0.1) is 12.7 Å². The highest BCUT2D eigenvalue weighted by atomic mass is 32.2. The third-order valence-corrected chi connectivity index (χ3v) is 5.04. The van der Waals surface area contributed by atoms with Crippen molar-refractivity contribution in [1.82, 2.24) is 15.3 Å². The minimum absolute atomic E-state index is 0.163. The van der Waals surface area contributed by atoms with E-state index in [1.54, 1.807) is 18.7 Å². The quantitative estimate of drug-likeness (QED) is 0.256. The molecule has 24 heavy (non-hydrogen) atoms. The van der Waals surface area contributed by atoms with E-state index in [0.29, 0.717) is 11.4 Å². The van der Waals surface area contributed by atoms with E-state index >= 15 is 0 Å². The zero-order valence-corrected chi connectivity index (χ0v) is 15.1. The van der Waals surface area contributed by atoms with Crippen LogP contribution in [0.1, 0.15) is 11.3 Å². The van der Waals surface area contributed by atoms with Crippen LogP contribution in [0.2, 0.25) is 0 Å². The van der Waals surface area contributed by atoms with Crippen LogP contribution >= 0.6 is 23.5 Å². The number of rotatable bonds is 8. The lowest BCUT2D eigenvalue weighted by atomic mass is 10.2. The molecule has 0 aromatic carbocycles. The highest BCUT2D eigenvalue weighted by Crippen LogP contribution is 2.10. The summed E-state index contributed by atoms with van der Waals surface area (Å²) >= 11 is 3.11. The molecular weight excluding hydrogens is 354 g/mol. The van der Waals surface area contributed by atoms with E-state index in [1.165, 1.54) is 24.9 Å². The third kappa shape index (κ3) is 6.28. The maximum atomic E-state index is 12.0. The molecule has 1 aromatic rings. The third-order valence-electron chi connectivity index (χ3n) is 2.87. The Morgan fingerprint density at radius 2 is 2.04 bits per heavy atom. The SMILES string of the molecule is COC(=O)C(CSCSC)NC(=O)C=Cc1c(C)[nH]c(=O)[nH]c1=O. The van der Waals surface area contributed by atoms with E-state index in [-0.39, 0.29) is 5.56 Å². The lowest BCUT2D eigenvalue weighted by Gasteiger charge is -2.14. The van der Waals surface area contributed by atoms with Crippen molar-refractivity contribution >= 4 is 41.5 Å². The molecule has 1 heterocycles. The van der Waals surface area contributed by atoms with Gasteiger partial charge >= 0.3 is 11.7 Å². The minimum atomic E-state index is -0.778. The summed E-state index contributed by atoms with van der Waals surface area (Å²) in [5.74, 6) is -0.700. The molecule has 0 fully saturated rings. The standard InChI is InChI=1S/C14H19N3O5S2/c1-8-9(12(19)17-14(21)15-8)4-5-11(18)16-10(13(20)22-2)6-24-7-23-3/h4-5,10H,6-7H2,1-3H3,(H,16,18)(H2,15,17,19,21). The molecule has 1 atom stereocenters. The topological polar surface area (TPSA) is 121 Å².